The second-order valence-corrected chi connectivity index (χ2v) is 4.82. The summed E-state index contributed by atoms with van der Waals surface area (Å²) in [5.41, 5.74) is 0.684. The number of unbranched alkanes of at least 4 members (excludes halogenated alkanes) is 3. The minimum Gasteiger partial charge on any atom is -0.396 e. The van der Waals surface area contributed by atoms with Gasteiger partial charge >= 0.3 is 0 Å². The zero-order chi connectivity index (χ0) is 12.5. The number of rotatable bonds is 7. The van der Waals surface area contributed by atoms with Crippen LogP contribution in [-0.2, 0) is 0 Å². The SMILES string of the molecule is O=C(NCCCCCCO)c1ccc(Br)cc1. The van der Waals surface area contributed by atoms with Crippen LogP contribution < -0.4 is 5.32 Å². The monoisotopic (exact) mass is 299 g/mol. The Labute approximate surface area is 110 Å². The van der Waals surface area contributed by atoms with E-state index in [2.05, 4.69) is 21.2 Å². The summed E-state index contributed by atoms with van der Waals surface area (Å²) < 4.78 is 0.970. The standard InChI is InChI=1S/C13H18BrNO2/c14-12-7-5-11(6-8-12)13(17)15-9-3-1-2-4-10-16/h5-8,16H,1-4,9-10H2,(H,15,17). The smallest absolute Gasteiger partial charge is 0.251 e. The molecule has 0 spiro atoms. The molecule has 0 aromatic heterocycles. The van der Waals surface area contributed by atoms with E-state index in [4.69, 9.17) is 5.11 Å². The highest BCUT2D eigenvalue weighted by Gasteiger charge is 2.03. The van der Waals surface area contributed by atoms with Crippen LogP contribution in [0.2, 0.25) is 0 Å². The van der Waals surface area contributed by atoms with Crippen LogP contribution in [0.1, 0.15) is 36.0 Å². The van der Waals surface area contributed by atoms with E-state index in [1.165, 1.54) is 0 Å². The van der Waals surface area contributed by atoms with Gasteiger partial charge in [0.05, 0.1) is 0 Å². The molecule has 4 heteroatoms. The normalized spacial score (nSPS) is 10.2. The van der Waals surface area contributed by atoms with Gasteiger partial charge in [-0.1, -0.05) is 28.8 Å². The van der Waals surface area contributed by atoms with E-state index in [0.29, 0.717) is 12.1 Å². The number of carbonyl (C=O) groups is 1. The summed E-state index contributed by atoms with van der Waals surface area (Å²) in [4.78, 5) is 11.7. The molecule has 0 atom stereocenters. The Morgan fingerprint density at radius 1 is 1.12 bits per heavy atom. The molecular formula is C13H18BrNO2. The zero-order valence-electron chi connectivity index (χ0n) is 9.79. The van der Waals surface area contributed by atoms with Gasteiger partial charge in [0.2, 0.25) is 0 Å². The summed E-state index contributed by atoms with van der Waals surface area (Å²) in [5, 5.41) is 11.5. The number of nitrogens with one attached hydrogen (secondary N) is 1. The number of hydrogen-bond donors (Lipinski definition) is 2. The molecule has 0 aliphatic rings. The number of amides is 1. The van der Waals surface area contributed by atoms with Crippen molar-refractivity contribution in [3.8, 4) is 0 Å². The van der Waals surface area contributed by atoms with Crippen molar-refractivity contribution in [2.24, 2.45) is 0 Å². The maximum atomic E-state index is 11.7. The molecule has 0 saturated heterocycles. The van der Waals surface area contributed by atoms with Crippen molar-refractivity contribution in [1.29, 1.82) is 0 Å². The van der Waals surface area contributed by atoms with Crippen LogP contribution in [0.4, 0.5) is 0 Å². The van der Waals surface area contributed by atoms with E-state index in [1.807, 2.05) is 12.1 Å². The average molecular weight is 300 g/mol. The first kappa shape index (κ1) is 14.2. The van der Waals surface area contributed by atoms with E-state index >= 15 is 0 Å². The largest absolute Gasteiger partial charge is 0.396 e. The first-order valence-electron chi connectivity index (χ1n) is 5.88. The van der Waals surface area contributed by atoms with Crippen molar-refractivity contribution in [2.75, 3.05) is 13.2 Å². The Kier molecular flexibility index (Phi) is 6.89. The predicted octanol–water partition coefficient (Wildman–Crippen LogP) is 2.73. The molecule has 17 heavy (non-hydrogen) atoms. The molecule has 0 bridgehead atoms. The lowest BCUT2D eigenvalue weighted by molar-refractivity contribution is 0.0953. The minimum atomic E-state index is -0.0281. The first-order chi connectivity index (χ1) is 8.24. The van der Waals surface area contributed by atoms with Crippen molar-refractivity contribution >= 4 is 21.8 Å². The van der Waals surface area contributed by atoms with Crippen LogP contribution >= 0.6 is 15.9 Å². The molecule has 0 fully saturated rings. The molecule has 0 aliphatic heterocycles. The Bertz CT molecular complexity index is 338. The number of aliphatic hydroxyl groups is 1. The quantitative estimate of drug-likeness (QED) is 0.761. The Morgan fingerprint density at radius 2 is 1.76 bits per heavy atom. The summed E-state index contributed by atoms with van der Waals surface area (Å²) in [7, 11) is 0. The van der Waals surface area contributed by atoms with Gasteiger partial charge in [-0.3, -0.25) is 4.79 Å². The number of hydrogen-bond acceptors (Lipinski definition) is 2. The summed E-state index contributed by atoms with van der Waals surface area (Å²) in [6.07, 6.45) is 3.87. The molecule has 0 unspecified atom stereocenters. The van der Waals surface area contributed by atoms with Gasteiger partial charge in [-0.15, -0.1) is 0 Å². The highest BCUT2D eigenvalue weighted by molar-refractivity contribution is 9.10. The lowest BCUT2D eigenvalue weighted by Gasteiger charge is -2.05. The van der Waals surface area contributed by atoms with Crippen molar-refractivity contribution in [2.45, 2.75) is 25.7 Å². The number of benzene rings is 1. The molecule has 2 N–H and O–H groups in total. The van der Waals surface area contributed by atoms with Gasteiger partial charge < -0.3 is 10.4 Å². The van der Waals surface area contributed by atoms with Crippen molar-refractivity contribution in [3.63, 3.8) is 0 Å². The highest BCUT2D eigenvalue weighted by atomic mass is 79.9. The van der Waals surface area contributed by atoms with Gasteiger partial charge in [-0.25, -0.2) is 0 Å². The fourth-order valence-corrected chi connectivity index (χ4v) is 1.76. The van der Waals surface area contributed by atoms with Crippen molar-refractivity contribution in [3.05, 3.63) is 34.3 Å². The average Bonchev–Trinajstić information content (AvgIpc) is 2.34. The molecule has 94 valence electrons. The van der Waals surface area contributed by atoms with E-state index in [-0.39, 0.29) is 12.5 Å². The number of aliphatic hydroxyl groups excluding tert-OH is 1. The molecule has 1 aromatic carbocycles. The zero-order valence-corrected chi connectivity index (χ0v) is 11.4. The number of halogens is 1. The molecule has 1 aromatic rings. The molecule has 1 amide bonds. The van der Waals surface area contributed by atoms with Gasteiger partial charge in [0.25, 0.3) is 5.91 Å². The fourth-order valence-electron chi connectivity index (χ4n) is 1.50. The summed E-state index contributed by atoms with van der Waals surface area (Å²) in [6, 6.07) is 7.31. The van der Waals surface area contributed by atoms with E-state index in [1.54, 1.807) is 12.1 Å². The van der Waals surface area contributed by atoms with E-state index in [9.17, 15) is 4.79 Å². The third-order valence-electron chi connectivity index (χ3n) is 2.48. The summed E-state index contributed by atoms with van der Waals surface area (Å²) in [5.74, 6) is -0.0281. The topological polar surface area (TPSA) is 49.3 Å². The maximum absolute atomic E-state index is 11.7. The molecular weight excluding hydrogens is 282 g/mol. The molecule has 0 heterocycles. The van der Waals surface area contributed by atoms with Crippen LogP contribution in [0.3, 0.4) is 0 Å². The molecule has 0 saturated carbocycles. The number of carbonyl (C=O) groups excluding carboxylic acids is 1. The molecule has 3 nitrogen and oxygen atoms in total. The molecule has 0 aliphatic carbocycles. The molecule has 1 rings (SSSR count). The van der Waals surface area contributed by atoms with Crippen LogP contribution in [0.15, 0.2) is 28.7 Å². The summed E-state index contributed by atoms with van der Waals surface area (Å²) >= 11 is 3.33. The minimum absolute atomic E-state index is 0.0281. The Balaban J connectivity index is 2.19. The van der Waals surface area contributed by atoms with Crippen molar-refractivity contribution < 1.29 is 9.90 Å². The lowest BCUT2D eigenvalue weighted by atomic mass is 10.2. The van der Waals surface area contributed by atoms with Crippen molar-refractivity contribution in [1.82, 2.24) is 5.32 Å². The van der Waals surface area contributed by atoms with E-state index in [0.717, 1.165) is 30.2 Å². The second kappa shape index (κ2) is 8.25. The fraction of sp³-hybridized carbons (Fsp3) is 0.462. The highest BCUT2D eigenvalue weighted by Crippen LogP contribution is 2.10. The first-order valence-corrected chi connectivity index (χ1v) is 6.68. The van der Waals surface area contributed by atoms with E-state index < -0.39 is 0 Å². The molecule has 0 radical (unpaired) electrons. The predicted molar refractivity (Wildman–Crippen MR) is 72.0 cm³/mol. The Hall–Kier alpha value is -0.870. The Morgan fingerprint density at radius 3 is 2.41 bits per heavy atom. The van der Waals surface area contributed by atoms with Crippen LogP contribution in [0.5, 0.6) is 0 Å². The summed E-state index contributed by atoms with van der Waals surface area (Å²) in [6.45, 7) is 0.950. The van der Waals surface area contributed by atoms with Crippen LogP contribution in [0.25, 0.3) is 0 Å². The third kappa shape index (κ3) is 5.84. The van der Waals surface area contributed by atoms with Gasteiger partial charge in [0, 0.05) is 23.2 Å². The maximum Gasteiger partial charge on any atom is 0.251 e. The van der Waals surface area contributed by atoms with Gasteiger partial charge in [-0.05, 0) is 37.1 Å². The van der Waals surface area contributed by atoms with Gasteiger partial charge in [-0.2, -0.15) is 0 Å². The van der Waals surface area contributed by atoms with Gasteiger partial charge in [0.1, 0.15) is 0 Å². The second-order valence-electron chi connectivity index (χ2n) is 3.90. The lowest BCUT2D eigenvalue weighted by Crippen LogP contribution is -2.24. The third-order valence-corrected chi connectivity index (χ3v) is 3.01. The van der Waals surface area contributed by atoms with Crippen LogP contribution in [-0.4, -0.2) is 24.2 Å². The van der Waals surface area contributed by atoms with Crippen LogP contribution in [0, 0.1) is 0 Å². The van der Waals surface area contributed by atoms with Gasteiger partial charge in [0.15, 0.2) is 0 Å².